The molecule has 3 aromatic carbocycles. The zero-order valence-electron chi connectivity index (χ0n) is 13.8. The van der Waals surface area contributed by atoms with Gasteiger partial charge in [0.1, 0.15) is 5.52 Å². The smallest absolute Gasteiger partial charge is 0.199 e. The summed E-state index contributed by atoms with van der Waals surface area (Å²) in [5, 5.41) is 2.37. The van der Waals surface area contributed by atoms with E-state index in [9.17, 15) is 8.42 Å². The number of aromatic nitrogens is 1. The molecule has 126 valence electrons. The van der Waals surface area contributed by atoms with Gasteiger partial charge in [0.25, 0.3) is 0 Å². The third-order valence-corrected chi connectivity index (χ3v) is 6.04. The number of hydrogen-bond acceptors (Lipinski definition) is 4. The molecule has 0 aliphatic carbocycles. The second-order valence-electron chi connectivity index (χ2n) is 6.00. The van der Waals surface area contributed by atoms with Gasteiger partial charge in [-0.05, 0) is 34.5 Å². The zero-order chi connectivity index (χ0) is 17.4. The summed E-state index contributed by atoms with van der Waals surface area (Å²) in [7, 11) is -3.25. The minimum absolute atomic E-state index is 0.0697. The van der Waals surface area contributed by atoms with Gasteiger partial charge < -0.3 is 4.42 Å². The summed E-state index contributed by atoms with van der Waals surface area (Å²) >= 11 is 0. The number of rotatable bonds is 4. The average Bonchev–Trinajstić information content (AvgIpc) is 3.03. The first kappa shape index (κ1) is 15.8. The maximum Gasteiger partial charge on any atom is 0.199 e. The highest BCUT2D eigenvalue weighted by molar-refractivity contribution is 7.91. The van der Waals surface area contributed by atoms with Crippen LogP contribution < -0.4 is 0 Å². The molecule has 5 heteroatoms. The van der Waals surface area contributed by atoms with Gasteiger partial charge in [-0.15, -0.1) is 0 Å². The van der Waals surface area contributed by atoms with E-state index in [0.29, 0.717) is 23.4 Å². The van der Waals surface area contributed by atoms with Gasteiger partial charge >= 0.3 is 0 Å². The van der Waals surface area contributed by atoms with E-state index in [4.69, 9.17) is 4.42 Å². The molecular formula is C20H17NO3S. The molecule has 0 fully saturated rings. The van der Waals surface area contributed by atoms with Crippen LogP contribution in [0.2, 0.25) is 0 Å². The Morgan fingerprint density at radius 1 is 0.960 bits per heavy atom. The van der Waals surface area contributed by atoms with Crippen molar-refractivity contribution in [2.24, 2.45) is 0 Å². The van der Waals surface area contributed by atoms with Gasteiger partial charge in [0.15, 0.2) is 21.3 Å². The number of oxazole rings is 1. The van der Waals surface area contributed by atoms with Crippen LogP contribution in [0.25, 0.3) is 21.9 Å². The molecule has 1 aromatic heterocycles. The van der Waals surface area contributed by atoms with Gasteiger partial charge in [-0.1, -0.05) is 49.4 Å². The minimum atomic E-state index is -3.25. The SMILES string of the molecule is CCS(=O)(=O)c1ccc2oc(Cc3ccc4ccccc4c3)nc2c1. The van der Waals surface area contributed by atoms with E-state index in [1.807, 2.05) is 12.1 Å². The molecular weight excluding hydrogens is 334 g/mol. The highest BCUT2D eigenvalue weighted by atomic mass is 32.2. The lowest BCUT2D eigenvalue weighted by Gasteiger charge is -2.01. The molecule has 0 saturated heterocycles. The molecule has 1 heterocycles. The Bertz CT molecular complexity index is 1180. The van der Waals surface area contributed by atoms with Crippen molar-refractivity contribution in [1.29, 1.82) is 0 Å². The van der Waals surface area contributed by atoms with Crippen LogP contribution >= 0.6 is 0 Å². The normalized spacial score (nSPS) is 12.0. The summed E-state index contributed by atoms with van der Waals surface area (Å²) in [5.41, 5.74) is 2.28. The molecule has 0 spiro atoms. The summed E-state index contributed by atoms with van der Waals surface area (Å²) in [6.45, 7) is 1.63. The molecule has 0 atom stereocenters. The quantitative estimate of drug-likeness (QED) is 0.548. The number of benzene rings is 3. The fourth-order valence-corrected chi connectivity index (χ4v) is 3.81. The Hall–Kier alpha value is -2.66. The van der Waals surface area contributed by atoms with Crippen LogP contribution in [-0.2, 0) is 16.3 Å². The average molecular weight is 351 g/mol. The maximum atomic E-state index is 12.0. The standard InChI is InChI=1S/C20H17NO3S/c1-2-25(22,23)17-9-10-19-18(13-17)21-20(24-19)12-14-7-8-15-5-3-4-6-16(15)11-14/h3-11,13H,2,12H2,1H3. The maximum absolute atomic E-state index is 12.0. The molecule has 0 amide bonds. The molecule has 4 nitrogen and oxygen atoms in total. The number of fused-ring (bicyclic) bond motifs is 2. The lowest BCUT2D eigenvalue weighted by atomic mass is 10.1. The predicted molar refractivity (Wildman–Crippen MR) is 98.5 cm³/mol. The third kappa shape index (κ3) is 3.03. The van der Waals surface area contributed by atoms with Crippen molar-refractivity contribution in [3.8, 4) is 0 Å². The Kier molecular flexibility index (Phi) is 3.81. The largest absolute Gasteiger partial charge is 0.440 e. The minimum Gasteiger partial charge on any atom is -0.440 e. The monoisotopic (exact) mass is 351 g/mol. The van der Waals surface area contributed by atoms with Crippen LogP contribution in [0.1, 0.15) is 18.4 Å². The van der Waals surface area contributed by atoms with Crippen LogP contribution in [0.15, 0.2) is 70.0 Å². The first-order chi connectivity index (χ1) is 12.0. The van der Waals surface area contributed by atoms with E-state index in [1.165, 1.54) is 10.8 Å². The molecule has 4 rings (SSSR count). The van der Waals surface area contributed by atoms with E-state index >= 15 is 0 Å². The molecule has 0 radical (unpaired) electrons. The van der Waals surface area contributed by atoms with Crippen LogP contribution in [0.3, 0.4) is 0 Å². The second-order valence-corrected chi connectivity index (χ2v) is 8.28. The lowest BCUT2D eigenvalue weighted by molar-refractivity contribution is 0.544. The molecule has 4 aromatic rings. The van der Waals surface area contributed by atoms with E-state index in [1.54, 1.807) is 25.1 Å². The molecule has 0 aliphatic rings. The second kappa shape index (κ2) is 6.01. The van der Waals surface area contributed by atoms with Crippen molar-refractivity contribution >= 4 is 31.7 Å². The summed E-state index contributed by atoms with van der Waals surface area (Å²) < 4.78 is 29.8. The number of nitrogens with zero attached hydrogens (tertiary/aromatic N) is 1. The van der Waals surface area contributed by atoms with E-state index in [-0.39, 0.29) is 10.6 Å². The molecule has 0 N–H and O–H groups in total. The molecule has 0 bridgehead atoms. The predicted octanol–water partition coefficient (Wildman–Crippen LogP) is 4.37. The van der Waals surface area contributed by atoms with E-state index in [2.05, 4.69) is 35.3 Å². The Balaban J connectivity index is 1.69. The van der Waals surface area contributed by atoms with Gasteiger partial charge in [-0.3, -0.25) is 0 Å². The van der Waals surface area contributed by atoms with Crippen LogP contribution in [0.5, 0.6) is 0 Å². The number of hydrogen-bond donors (Lipinski definition) is 0. The number of sulfone groups is 1. The summed E-state index contributed by atoms with van der Waals surface area (Å²) in [6.07, 6.45) is 0.565. The first-order valence-electron chi connectivity index (χ1n) is 8.15. The molecule has 0 unspecified atom stereocenters. The van der Waals surface area contributed by atoms with Gasteiger partial charge in [-0.25, -0.2) is 13.4 Å². The van der Waals surface area contributed by atoms with Gasteiger partial charge in [0.2, 0.25) is 0 Å². The fraction of sp³-hybridized carbons (Fsp3) is 0.150. The summed E-state index contributed by atoms with van der Waals surface area (Å²) in [6, 6.07) is 19.3. The van der Waals surface area contributed by atoms with Crippen molar-refractivity contribution in [3.05, 3.63) is 72.1 Å². The molecule has 25 heavy (non-hydrogen) atoms. The molecule has 0 saturated carbocycles. The van der Waals surface area contributed by atoms with Crippen LogP contribution in [0, 0.1) is 0 Å². The summed E-state index contributed by atoms with van der Waals surface area (Å²) in [5.74, 6) is 0.650. The summed E-state index contributed by atoms with van der Waals surface area (Å²) in [4.78, 5) is 4.75. The highest BCUT2D eigenvalue weighted by Gasteiger charge is 2.14. The fourth-order valence-electron chi connectivity index (χ4n) is 2.91. The van der Waals surface area contributed by atoms with Gasteiger partial charge in [-0.2, -0.15) is 0 Å². The molecule has 0 aliphatic heterocycles. The first-order valence-corrected chi connectivity index (χ1v) is 9.80. The topological polar surface area (TPSA) is 60.2 Å². The highest BCUT2D eigenvalue weighted by Crippen LogP contribution is 2.23. The van der Waals surface area contributed by atoms with Crippen molar-refractivity contribution in [2.45, 2.75) is 18.2 Å². The van der Waals surface area contributed by atoms with E-state index < -0.39 is 9.84 Å². The van der Waals surface area contributed by atoms with Crippen molar-refractivity contribution in [3.63, 3.8) is 0 Å². The Labute approximate surface area is 146 Å². The van der Waals surface area contributed by atoms with Gasteiger partial charge in [0.05, 0.1) is 10.6 Å². The van der Waals surface area contributed by atoms with Crippen molar-refractivity contribution in [1.82, 2.24) is 4.98 Å². The Morgan fingerprint density at radius 2 is 1.76 bits per heavy atom. The van der Waals surface area contributed by atoms with Gasteiger partial charge in [0, 0.05) is 6.42 Å². The lowest BCUT2D eigenvalue weighted by Crippen LogP contribution is -2.03. The van der Waals surface area contributed by atoms with Crippen molar-refractivity contribution in [2.75, 3.05) is 5.75 Å². The zero-order valence-corrected chi connectivity index (χ0v) is 14.6. The van der Waals surface area contributed by atoms with Crippen molar-refractivity contribution < 1.29 is 12.8 Å². The van der Waals surface area contributed by atoms with E-state index in [0.717, 1.165) is 5.56 Å². The Morgan fingerprint density at radius 3 is 2.56 bits per heavy atom. The van der Waals surface area contributed by atoms with Crippen LogP contribution in [0.4, 0.5) is 0 Å². The third-order valence-electron chi connectivity index (χ3n) is 4.31. The van der Waals surface area contributed by atoms with Crippen LogP contribution in [-0.4, -0.2) is 19.2 Å².